The third-order valence-electron chi connectivity index (χ3n) is 2.57. The van der Waals surface area contributed by atoms with E-state index in [-0.39, 0.29) is 18.3 Å². The SMILES string of the molecule is CN(Cc1ccccc1F)C(=O)c1cc(Br)c(Br)s1. The van der Waals surface area contributed by atoms with Gasteiger partial charge in [-0.2, -0.15) is 0 Å². The van der Waals surface area contributed by atoms with E-state index in [1.54, 1.807) is 31.3 Å². The summed E-state index contributed by atoms with van der Waals surface area (Å²) in [6.07, 6.45) is 0. The van der Waals surface area contributed by atoms with Crippen molar-refractivity contribution in [2.45, 2.75) is 6.54 Å². The standard InChI is InChI=1S/C13H10Br2FNOS/c1-17(7-8-4-2-3-5-10(8)16)13(18)11-6-9(14)12(15)19-11/h2-6H,7H2,1H3. The van der Waals surface area contributed by atoms with Crippen LogP contribution in [0.25, 0.3) is 0 Å². The maximum Gasteiger partial charge on any atom is 0.264 e. The highest BCUT2D eigenvalue weighted by molar-refractivity contribution is 9.13. The van der Waals surface area contributed by atoms with Crippen LogP contribution in [-0.2, 0) is 6.54 Å². The summed E-state index contributed by atoms with van der Waals surface area (Å²) in [4.78, 5) is 14.3. The number of nitrogens with zero attached hydrogens (tertiary/aromatic N) is 1. The Hall–Kier alpha value is -0.720. The van der Waals surface area contributed by atoms with Crippen LogP contribution in [0.3, 0.4) is 0 Å². The summed E-state index contributed by atoms with van der Waals surface area (Å²) in [5.74, 6) is -0.421. The Morgan fingerprint density at radius 2 is 2.05 bits per heavy atom. The van der Waals surface area contributed by atoms with Crippen LogP contribution in [-0.4, -0.2) is 17.9 Å². The predicted molar refractivity (Wildman–Crippen MR) is 81.9 cm³/mol. The van der Waals surface area contributed by atoms with Gasteiger partial charge in [-0.3, -0.25) is 4.79 Å². The first-order valence-electron chi connectivity index (χ1n) is 5.42. The van der Waals surface area contributed by atoms with Crippen LogP contribution in [0, 0.1) is 5.82 Å². The fourth-order valence-corrected chi connectivity index (χ4v) is 3.62. The first-order valence-corrected chi connectivity index (χ1v) is 7.83. The summed E-state index contributed by atoms with van der Waals surface area (Å²) < 4.78 is 15.3. The van der Waals surface area contributed by atoms with Crippen LogP contribution in [0.1, 0.15) is 15.2 Å². The molecule has 0 aliphatic rings. The summed E-state index contributed by atoms with van der Waals surface area (Å²) >= 11 is 8.05. The highest BCUT2D eigenvalue weighted by atomic mass is 79.9. The Labute approximate surface area is 131 Å². The number of benzene rings is 1. The van der Waals surface area contributed by atoms with Crippen molar-refractivity contribution >= 4 is 49.1 Å². The van der Waals surface area contributed by atoms with E-state index < -0.39 is 0 Å². The van der Waals surface area contributed by atoms with Gasteiger partial charge in [0.1, 0.15) is 5.82 Å². The lowest BCUT2D eigenvalue weighted by Gasteiger charge is -2.16. The van der Waals surface area contributed by atoms with Gasteiger partial charge < -0.3 is 4.90 Å². The number of rotatable bonds is 3. The Balaban J connectivity index is 2.14. The maximum atomic E-state index is 13.5. The topological polar surface area (TPSA) is 20.3 Å². The molecule has 2 rings (SSSR count). The van der Waals surface area contributed by atoms with E-state index in [1.807, 2.05) is 0 Å². The average molecular weight is 407 g/mol. The van der Waals surface area contributed by atoms with Crippen molar-refractivity contribution < 1.29 is 9.18 Å². The molecule has 2 nitrogen and oxygen atoms in total. The Kier molecular flexibility index (Phi) is 4.76. The van der Waals surface area contributed by atoms with Crippen molar-refractivity contribution in [2.75, 3.05) is 7.05 Å². The molecule has 1 aromatic carbocycles. The highest BCUT2D eigenvalue weighted by Gasteiger charge is 2.17. The Morgan fingerprint density at radius 3 is 2.63 bits per heavy atom. The molecule has 0 saturated carbocycles. The Bertz CT molecular complexity index is 595. The second-order valence-corrected chi connectivity index (χ2v) is 7.21. The van der Waals surface area contributed by atoms with E-state index in [2.05, 4.69) is 31.9 Å². The molecule has 0 spiro atoms. The summed E-state index contributed by atoms with van der Waals surface area (Å²) in [5, 5.41) is 0. The highest BCUT2D eigenvalue weighted by Crippen LogP contribution is 2.33. The van der Waals surface area contributed by atoms with Crippen molar-refractivity contribution in [1.82, 2.24) is 4.90 Å². The lowest BCUT2D eigenvalue weighted by atomic mass is 10.2. The van der Waals surface area contributed by atoms with Crippen LogP contribution in [0.5, 0.6) is 0 Å². The normalized spacial score (nSPS) is 10.5. The number of halogens is 3. The monoisotopic (exact) mass is 405 g/mol. The summed E-state index contributed by atoms with van der Waals surface area (Å²) in [6.45, 7) is 0.249. The minimum atomic E-state index is -0.296. The van der Waals surface area contributed by atoms with Gasteiger partial charge in [-0.1, -0.05) is 18.2 Å². The fraction of sp³-hybridized carbons (Fsp3) is 0.154. The first-order chi connectivity index (χ1) is 8.99. The number of hydrogen-bond acceptors (Lipinski definition) is 2. The second kappa shape index (κ2) is 6.15. The van der Waals surface area contributed by atoms with Gasteiger partial charge in [-0.25, -0.2) is 4.39 Å². The molecule has 1 aromatic heterocycles. The van der Waals surface area contributed by atoms with E-state index in [0.717, 1.165) is 8.26 Å². The second-order valence-electron chi connectivity index (χ2n) is 3.98. The number of hydrogen-bond donors (Lipinski definition) is 0. The lowest BCUT2D eigenvalue weighted by Crippen LogP contribution is -2.25. The Morgan fingerprint density at radius 1 is 1.37 bits per heavy atom. The molecule has 0 radical (unpaired) electrons. The molecule has 0 N–H and O–H groups in total. The first kappa shape index (κ1) is 14.7. The maximum absolute atomic E-state index is 13.5. The van der Waals surface area contributed by atoms with Gasteiger partial charge in [0.15, 0.2) is 0 Å². The fourth-order valence-electron chi connectivity index (χ4n) is 1.59. The van der Waals surface area contributed by atoms with E-state index in [4.69, 9.17) is 0 Å². The van der Waals surface area contributed by atoms with Gasteiger partial charge in [0, 0.05) is 23.6 Å². The molecule has 0 bridgehead atoms. The van der Waals surface area contributed by atoms with E-state index in [9.17, 15) is 9.18 Å². The van der Waals surface area contributed by atoms with E-state index in [1.165, 1.54) is 22.3 Å². The zero-order chi connectivity index (χ0) is 14.0. The molecule has 0 aliphatic carbocycles. The molecule has 100 valence electrons. The van der Waals surface area contributed by atoms with Crippen molar-refractivity contribution in [3.63, 3.8) is 0 Å². The minimum Gasteiger partial charge on any atom is -0.337 e. The van der Waals surface area contributed by atoms with Gasteiger partial charge in [0.05, 0.1) is 8.66 Å². The van der Waals surface area contributed by atoms with Crippen molar-refractivity contribution in [1.29, 1.82) is 0 Å². The third kappa shape index (κ3) is 3.43. The zero-order valence-electron chi connectivity index (χ0n) is 9.99. The average Bonchev–Trinajstić information content (AvgIpc) is 2.71. The van der Waals surface area contributed by atoms with Gasteiger partial charge in [0.25, 0.3) is 5.91 Å². The number of amides is 1. The summed E-state index contributed by atoms with van der Waals surface area (Å²) in [6, 6.07) is 8.23. The summed E-state index contributed by atoms with van der Waals surface area (Å²) in [7, 11) is 1.66. The molecule has 0 fully saturated rings. The van der Waals surface area contributed by atoms with Gasteiger partial charge in [-0.15, -0.1) is 11.3 Å². The number of carbonyl (C=O) groups is 1. The van der Waals surface area contributed by atoms with Crippen LogP contribution in [0.15, 0.2) is 38.6 Å². The molecule has 0 atom stereocenters. The van der Waals surface area contributed by atoms with Crippen LogP contribution in [0.2, 0.25) is 0 Å². The molecule has 1 heterocycles. The molecule has 0 saturated heterocycles. The molecular formula is C13H10Br2FNOS. The predicted octanol–water partition coefficient (Wildman–Crippen LogP) is 4.68. The van der Waals surface area contributed by atoms with Crippen molar-refractivity contribution in [3.8, 4) is 0 Å². The third-order valence-corrected chi connectivity index (χ3v) is 5.81. The molecule has 1 amide bonds. The lowest BCUT2D eigenvalue weighted by molar-refractivity contribution is 0.0788. The molecule has 0 aliphatic heterocycles. The van der Waals surface area contributed by atoms with Crippen LogP contribution < -0.4 is 0 Å². The zero-order valence-corrected chi connectivity index (χ0v) is 14.0. The molecule has 2 aromatic rings. The van der Waals surface area contributed by atoms with Gasteiger partial charge >= 0.3 is 0 Å². The van der Waals surface area contributed by atoms with Crippen LogP contribution >= 0.6 is 43.2 Å². The molecule has 0 unspecified atom stereocenters. The molecule has 19 heavy (non-hydrogen) atoms. The largest absolute Gasteiger partial charge is 0.337 e. The molecule has 6 heteroatoms. The van der Waals surface area contributed by atoms with Crippen LogP contribution in [0.4, 0.5) is 4.39 Å². The van der Waals surface area contributed by atoms with Gasteiger partial charge in [0.2, 0.25) is 0 Å². The molecular weight excluding hydrogens is 397 g/mol. The number of carbonyl (C=O) groups excluding carboxylic acids is 1. The quantitative estimate of drug-likeness (QED) is 0.724. The minimum absolute atomic E-state index is 0.125. The number of thiophene rings is 1. The summed E-state index contributed by atoms with van der Waals surface area (Å²) in [5.41, 5.74) is 0.507. The van der Waals surface area contributed by atoms with Gasteiger partial charge in [-0.05, 0) is 44.0 Å². The van der Waals surface area contributed by atoms with Crippen molar-refractivity contribution in [3.05, 3.63) is 54.8 Å². The van der Waals surface area contributed by atoms with E-state index >= 15 is 0 Å². The smallest absolute Gasteiger partial charge is 0.264 e. The van der Waals surface area contributed by atoms with E-state index in [0.29, 0.717) is 10.4 Å². The van der Waals surface area contributed by atoms with Crippen molar-refractivity contribution in [2.24, 2.45) is 0 Å².